The summed E-state index contributed by atoms with van der Waals surface area (Å²) in [5, 5.41) is 15.4. The molecular formula is C34H36F3N5O5. The van der Waals surface area contributed by atoms with Gasteiger partial charge in [0.15, 0.2) is 0 Å². The van der Waals surface area contributed by atoms with Gasteiger partial charge in [0.2, 0.25) is 17.5 Å². The summed E-state index contributed by atoms with van der Waals surface area (Å²) in [6.45, 7) is 2.10. The fraction of sp³-hybridized carbons (Fsp3) is 0.500. The molecule has 5 heterocycles. The molecular weight excluding hydrogens is 615 g/mol. The summed E-state index contributed by atoms with van der Waals surface area (Å²) < 4.78 is 48.1. The van der Waals surface area contributed by atoms with Crippen LogP contribution in [0.25, 0.3) is 10.9 Å². The average Bonchev–Trinajstić information content (AvgIpc) is 3.72. The number of aromatic amines is 1. The molecule has 1 aromatic heterocycles. The van der Waals surface area contributed by atoms with Gasteiger partial charge in [-0.25, -0.2) is 0 Å². The van der Waals surface area contributed by atoms with Gasteiger partial charge in [0.1, 0.15) is 17.8 Å². The number of aliphatic hydroxyl groups is 1. The quantitative estimate of drug-likeness (QED) is 0.399. The van der Waals surface area contributed by atoms with Crippen LogP contribution in [0.3, 0.4) is 0 Å². The van der Waals surface area contributed by atoms with Crippen LogP contribution in [0.1, 0.15) is 54.5 Å². The number of hydrogen-bond donors (Lipinski definition) is 3. The van der Waals surface area contributed by atoms with Crippen molar-refractivity contribution in [3.8, 4) is 0 Å². The van der Waals surface area contributed by atoms with Crippen molar-refractivity contribution >= 4 is 28.6 Å². The lowest BCUT2D eigenvalue weighted by Gasteiger charge is -2.48. The Morgan fingerprint density at radius 2 is 1.91 bits per heavy atom. The van der Waals surface area contributed by atoms with Crippen LogP contribution in [0.5, 0.6) is 0 Å². The van der Waals surface area contributed by atoms with Crippen LogP contribution in [0.2, 0.25) is 0 Å². The molecule has 0 radical (unpaired) electrons. The fourth-order valence-corrected chi connectivity index (χ4v) is 8.98. The monoisotopic (exact) mass is 651 g/mol. The van der Waals surface area contributed by atoms with E-state index < -0.39 is 53.3 Å². The number of carbonyl (C=O) groups is 3. The zero-order valence-electron chi connectivity index (χ0n) is 26.0. The molecule has 4 aliphatic heterocycles. The molecule has 8 rings (SSSR count). The Hall–Kier alpha value is -3.94. The van der Waals surface area contributed by atoms with Gasteiger partial charge in [-0.3, -0.25) is 24.0 Å². The van der Waals surface area contributed by atoms with Gasteiger partial charge in [0.05, 0.1) is 5.92 Å². The number of ether oxygens (including phenoxy) is 1. The van der Waals surface area contributed by atoms with E-state index in [9.17, 15) is 32.7 Å². The highest BCUT2D eigenvalue weighted by atomic mass is 19.4. The molecule has 1 aliphatic carbocycles. The van der Waals surface area contributed by atoms with Crippen LogP contribution in [0.15, 0.2) is 48.5 Å². The Kier molecular flexibility index (Phi) is 6.65. The highest BCUT2D eigenvalue weighted by Gasteiger charge is 2.70. The van der Waals surface area contributed by atoms with Crippen LogP contribution in [-0.2, 0) is 38.1 Å². The van der Waals surface area contributed by atoms with E-state index in [0.717, 1.165) is 16.0 Å². The van der Waals surface area contributed by atoms with Gasteiger partial charge in [0.25, 0.3) is 11.8 Å². The molecule has 248 valence electrons. The van der Waals surface area contributed by atoms with Gasteiger partial charge < -0.3 is 25.2 Å². The summed E-state index contributed by atoms with van der Waals surface area (Å²) in [5.41, 5.74) is -0.430. The Labute approximate surface area is 268 Å². The minimum atomic E-state index is -4.52. The lowest BCUT2D eigenvalue weighted by molar-refractivity contribution is -0.315. The van der Waals surface area contributed by atoms with Gasteiger partial charge in [-0.15, -0.1) is 0 Å². The van der Waals surface area contributed by atoms with E-state index in [4.69, 9.17) is 4.74 Å². The number of piperidine rings is 1. The molecule has 4 saturated heterocycles. The molecule has 5 aliphatic rings. The second-order valence-electron chi connectivity index (χ2n) is 13.8. The van der Waals surface area contributed by atoms with Crippen LogP contribution in [-0.4, -0.2) is 92.4 Å². The molecule has 47 heavy (non-hydrogen) atoms. The molecule has 10 nitrogen and oxygen atoms in total. The van der Waals surface area contributed by atoms with Crippen molar-refractivity contribution in [2.45, 2.75) is 80.9 Å². The van der Waals surface area contributed by atoms with Crippen molar-refractivity contribution in [2.24, 2.45) is 5.92 Å². The van der Waals surface area contributed by atoms with E-state index >= 15 is 0 Å². The third-order valence-electron chi connectivity index (χ3n) is 11.0. The predicted molar refractivity (Wildman–Crippen MR) is 162 cm³/mol. The van der Waals surface area contributed by atoms with Gasteiger partial charge in [-0.05, 0) is 62.4 Å². The number of halogens is 3. The number of carbonyl (C=O) groups excluding carboxylic acids is 3. The smallest absolute Gasteiger partial charge is 0.351 e. The molecule has 0 bridgehead atoms. The van der Waals surface area contributed by atoms with Gasteiger partial charge in [-0.2, -0.15) is 13.2 Å². The van der Waals surface area contributed by atoms with Gasteiger partial charge in [-0.1, -0.05) is 42.5 Å². The summed E-state index contributed by atoms with van der Waals surface area (Å²) in [7, 11) is 1.80. The average molecular weight is 652 g/mol. The van der Waals surface area contributed by atoms with Gasteiger partial charge >= 0.3 is 6.18 Å². The number of likely N-dealkylation sites (N-methyl/N-ethyl adjacent to an activating group) is 1. The molecule has 0 saturated carbocycles. The second-order valence-corrected chi connectivity index (χ2v) is 13.8. The molecule has 3 amide bonds. The van der Waals surface area contributed by atoms with E-state index in [1.54, 1.807) is 24.1 Å². The largest absolute Gasteiger partial charge is 0.431 e. The number of rotatable bonds is 4. The van der Waals surface area contributed by atoms with Crippen molar-refractivity contribution in [1.82, 2.24) is 25.0 Å². The Balaban J connectivity index is 1.08. The number of aromatic nitrogens is 1. The number of nitrogens with zero attached hydrogens (tertiary/aromatic N) is 3. The minimum Gasteiger partial charge on any atom is -0.351 e. The molecule has 3 N–H and O–H groups in total. The van der Waals surface area contributed by atoms with E-state index in [1.807, 2.05) is 41.3 Å². The van der Waals surface area contributed by atoms with Crippen LogP contribution < -0.4 is 5.32 Å². The summed E-state index contributed by atoms with van der Waals surface area (Å²) in [4.78, 5) is 49.2. The zero-order valence-corrected chi connectivity index (χ0v) is 26.0. The molecule has 3 unspecified atom stereocenters. The van der Waals surface area contributed by atoms with E-state index in [-0.39, 0.29) is 42.8 Å². The van der Waals surface area contributed by atoms with Crippen molar-refractivity contribution in [3.63, 3.8) is 0 Å². The number of fused-ring (bicyclic) bond motifs is 5. The fourth-order valence-electron chi connectivity index (χ4n) is 8.98. The van der Waals surface area contributed by atoms with E-state index in [1.165, 1.54) is 6.92 Å². The summed E-state index contributed by atoms with van der Waals surface area (Å²) in [6, 6.07) is 12.4. The third-order valence-corrected chi connectivity index (χ3v) is 11.0. The SMILES string of the molecule is CN1CC(C(=O)N[C@]2(C)O[C@@]3(O)C4CCCN4C(=O)[C@H](Cc4ccccc4)N3C2=O)C[C@@H]2c3cccc4[nH]c(C(F)(F)F)c(c34)CC21. The van der Waals surface area contributed by atoms with Crippen LogP contribution >= 0.6 is 0 Å². The number of benzene rings is 2. The minimum absolute atomic E-state index is 0.170. The lowest BCUT2D eigenvalue weighted by Crippen LogP contribution is -2.71. The molecule has 4 fully saturated rings. The first-order valence-corrected chi connectivity index (χ1v) is 16.1. The number of H-pyrrole nitrogens is 1. The number of likely N-dealkylation sites (tertiary alicyclic amines) is 1. The number of piperazine rings is 1. The number of hydrogen-bond acceptors (Lipinski definition) is 6. The highest BCUT2D eigenvalue weighted by molar-refractivity contribution is 5.97. The Morgan fingerprint density at radius 1 is 1.15 bits per heavy atom. The molecule has 7 atom stereocenters. The van der Waals surface area contributed by atoms with Crippen LogP contribution in [0, 0.1) is 5.92 Å². The maximum absolute atomic E-state index is 14.2. The molecule has 0 spiro atoms. The number of alkyl halides is 3. The van der Waals surface area contributed by atoms with E-state index in [0.29, 0.717) is 36.7 Å². The normalized spacial score (nSPS) is 33.6. The Morgan fingerprint density at radius 3 is 2.66 bits per heavy atom. The third kappa shape index (κ3) is 4.46. The van der Waals surface area contributed by atoms with Crippen LogP contribution in [0.4, 0.5) is 13.2 Å². The van der Waals surface area contributed by atoms with Crippen molar-refractivity contribution < 1.29 is 37.4 Å². The standard InChI is InChI=1S/C34H36F3N5O5/c1-32(31(45)42-25(14-18-8-4-3-5-9-18)30(44)41-13-7-12-26(41)34(42,46)47-32)39-29(43)19-15-21-20-10-6-11-23-27(20)22(16-24(21)40(2)17-19)28(38-23)33(35,36)37/h3-6,8-11,19,21,24-26,38,46H,7,12-17H2,1-2H3,(H,39,43)/t19?,21-,24?,25+,26?,32-,34+/m1/s1. The highest BCUT2D eigenvalue weighted by Crippen LogP contribution is 2.49. The van der Waals surface area contributed by atoms with Crippen molar-refractivity contribution in [3.05, 3.63) is 70.9 Å². The van der Waals surface area contributed by atoms with Crippen molar-refractivity contribution in [1.29, 1.82) is 0 Å². The van der Waals surface area contributed by atoms with E-state index in [2.05, 4.69) is 10.3 Å². The van der Waals surface area contributed by atoms with Gasteiger partial charge in [0, 0.05) is 42.4 Å². The maximum Gasteiger partial charge on any atom is 0.431 e. The topological polar surface area (TPSA) is 118 Å². The molecule has 13 heteroatoms. The summed E-state index contributed by atoms with van der Waals surface area (Å²) >= 11 is 0. The maximum atomic E-state index is 14.2. The first kappa shape index (κ1) is 30.4. The lowest BCUT2D eigenvalue weighted by atomic mass is 9.72. The predicted octanol–water partition coefficient (Wildman–Crippen LogP) is 3.10. The molecule has 2 aromatic carbocycles. The summed E-state index contributed by atoms with van der Waals surface area (Å²) in [6.07, 6.45) is -2.72. The first-order chi connectivity index (χ1) is 22.3. The van der Waals surface area contributed by atoms with Crippen molar-refractivity contribution in [2.75, 3.05) is 20.1 Å². The molecule has 3 aromatic rings. The number of nitrogens with one attached hydrogen (secondary N) is 2. The summed E-state index contributed by atoms with van der Waals surface area (Å²) in [5.74, 6) is -4.40. The second kappa shape index (κ2) is 10.3. The Bertz CT molecular complexity index is 1800. The zero-order chi connectivity index (χ0) is 33.0. The number of amides is 3. The first-order valence-electron chi connectivity index (χ1n) is 16.1.